The number of hydrogen-bond acceptors (Lipinski definition) is 5. The van der Waals surface area contributed by atoms with E-state index in [1.165, 1.54) is 0 Å². The van der Waals surface area contributed by atoms with Gasteiger partial charge < -0.3 is 17.7 Å². The van der Waals surface area contributed by atoms with Crippen molar-refractivity contribution in [2.24, 2.45) is 0 Å². The first-order valence-electron chi connectivity index (χ1n) is 7.23. The smallest absolute Gasteiger partial charge is 0.500 e. The second-order valence-corrected chi connectivity index (χ2v) is 13.5. The molecular weight excluding hydrogens is 316 g/mol. The van der Waals surface area contributed by atoms with Crippen molar-refractivity contribution < 1.29 is 22.5 Å². The Balaban J connectivity index is 2.68. The van der Waals surface area contributed by atoms with Crippen molar-refractivity contribution >= 4 is 23.1 Å². The molecule has 0 saturated carbocycles. The second kappa shape index (κ2) is 8.02. The van der Waals surface area contributed by atoms with E-state index in [2.05, 4.69) is 0 Å². The number of hydrogen-bond donors (Lipinski definition) is 0. The van der Waals surface area contributed by atoms with Crippen LogP contribution in [-0.2, 0) is 24.1 Å². The Morgan fingerprint density at radius 2 is 1.45 bits per heavy atom. The molecule has 0 atom stereocenters. The maximum atomic E-state index is 12.0. The van der Waals surface area contributed by atoms with Crippen LogP contribution < -0.4 is 0 Å². The van der Waals surface area contributed by atoms with Crippen LogP contribution in [0.2, 0.25) is 25.7 Å². The van der Waals surface area contributed by atoms with Gasteiger partial charge in [-0.25, -0.2) is 4.79 Å². The molecule has 1 rings (SSSR count). The first-order chi connectivity index (χ1) is 10.2. The third-order valence-electron chi connectivity index (χ3n) is 3.24. The van der Waals surface area contributed by atoms with Crippen LogP contribution in [0.4, 0.5) is 0 Å². The van der Waals surface area contributed by atoms with Crippen molar-refractivity contribution in [3.8, 4) is 0 Å². The molecular formula is C15H26O5Si2. The Kier molecular flexibility index (Phi) is 6.95. The molecule has 1 aromatic carbocycles. The van der Waals surface area contributed by atoms with Crippen LogP contribution in [0.3, 0.4) is 0 Å². The second-order valence-electron chi connectivity index (χ2n) is 5.99. The summed E-state index contributed by atoms with van der Waals surface area (Å²) < 4.78 is 21.7. The maximum absolute atomic E-state index is 12.0. The fourth-order valence-electron chi connectivity index (χ4n) is 2.00. The zero-order valence-electron chi connectivity index (χ0n) is 14.3. The molecule has 0 spiro atoms. The number of rotatable bonds is 8. The van der Waals surface area contributed by atoms with E-state index >= 15 is 0 Å². The molecule has 0 unspecified atom stereocenters. The molecule has 0 N–H and O–H groups in total. The van der Waals surface area contributed by atoms with Gasteiger partial charge in [-0.2, -0.15) is 0 Å². The largest absolute Gasteiger partial charge is 0.516 e. The van der Waals surface area contributed by atoms with E-state index in [-0.39, 0.29) is 5.97 Å². The van der Waals surface area contributed by atoms with Gasteiger partial charge in [-0.05, 0) is 43.8 Å². The highest BCUT2D eigenvalue weighted by Gasteiger charge is 2.37. The minimum atomic E-state index is -2.55. The molecule has 0 saturated heterocycles. The van der Waals surface area contributed by atoms with Crippen LogP contribution in [-0.4, -0.2) is 44.4 Å². The van der Waals surface area contributed by atoms with E-state index in [0.717, 1.165) is 12.0 Å². The Morgan fingerprint density at radius 1 is 0.955 bits per heavy atom. The Morgan fingerprint density at radius 3 is 1.86 bits per heavy atom. The molecule has 0 aliphatic carbocycles. The molecule has 0 aliphatic rings. The zero-order chi connectivity index (χ0) is 16.8. The summed E-state index contributed by atoms with van der Waals surface area (Å²) in [5, 5.41) is 0. The zero-order valence-corrected chi connectivity index (χ0v) is 16.3. The Hall–Kier alpha value is -0.996. The average molecular weight is 343 g/mol. The molecule has 0 heterocycles. The van der Waals surface area contributed by atoms with Crippen molar-refractivity contribution in [2.75, 3.05) is 21.3 Å². The van der Waals surface area contributed by atoms with E-state index in [4.69, 9.17) is 17.7 Å². The number of carbonyl (C=O) groups is 1. The summed E-state index contributed by atoms with van der Waals surface area (Å²) in [5.74, 6) is -0.250. The number of aryl methyl sites for hydroxylation is 1. The van der Waals surface area contributed by atoms with Crippen LogP contribution in [0.5, 0.6) is 0 Å². The number of carbonyl (C=O) groups excluding carboxylic acids is 1. The predicted molar refractivity (Wildman–Crippen MR) is 90.5 cm³/mol. The molecule has 1 aromatic rings. The van der Waals surface area contributed by atoms with Crippen molar-refractivity contribution in [2.45, 2.75) is 32.1 Å². The van der Waals surface area contributed by atoms with Crippen molar-refractivity contribution in [3.63, 3.8) is 0 Å². The van der Waals surface area contributed by atoms with Gasteiger partial charge in [0.1, 0.15) is 0 Å². The predicted octanol–water partition coefficient (Wildman–Crippen LogP) is 3.10. The Labute approximate surface area is 135 Å². The lowest BCUT2D eigenvalue weighted by atomic mass is 10.1. The summed E-state index contributed by atoms with van der Waals surface area (Å²) in [6.07, 6.45) is 0.769. The van der Waals surface area contributed by atoms with Gasteiger partial charge in [0.05, 0.1) is 5.56 Å². The van der Waals surface area contributed by atoms with Gasteiger partial charge in [0.25, 0.3) is 0 Å². The summed E-state index contributed by atoms with van der Waals surface area (Å²) in [5.41, 5.74) is 1.69. The highest BCUT2D eigenvalue weighted by Crippen LogP contribution is 2.17. The van der Waals surface area contributed by atoms with Gasteiger partial charge in [-0.15, -0.1) is 0 Å². The summed E-state index contributed by atoms with van der Waals surface area (Å²) >= 11 is 0. The van der Waals surface area contributed by atoms with E-state index in [1.807, 2.05) is 31.8 Å². The van der Waals surface area contributed by atoms with Crippen molar-refractivity contribution in [1.82, 2.24) is 0 Å². The van der Waals surface area contributed by atoms with Gasteiger partial charge in [-0.3, -0.25) is 0 Å². The van der Waals surface area contributed by atoms with Crippen molar-refractivity contribution in [3.05, 3.63) is 35.4 Å². The third-order valence-corrected chi connectivity index (χ3v) is 6.77. The van der Waals surface area contributed by atoms with E-state index in [9.17, 15) is 4.79 Å². The first-order valence-corrected chi connectivity index (χ1v) is 12.6. The van der Waals surface area contributed by atoms with E-state index in [0.29, 0.717) is 11.6 Å². The topological polar surface area (TPSA) is 54.0 Å². The minimum absolute atomic E-state index is 0.250. The molecule has 0 amide bonds. The van der Waals surface area contributed by atoms with Gasteiger partial charge in [0.15, 0.2) is 0 Å². The van der Waals surface area contributed by atoms with Gasteiger partial charge >= 0.3 is 14.8 Å². The summed E-state index contributed by atoms with van der Waals surface area (Å²) in [6, 6.07) is 8.15. The lowest BCUT2D eigenvalue weighted by Gasteiger charge is -2.24. The fraction of sp³-hybridized carbons (Fsp3) is 0.533. The maximum Gasteiger partial charge on any atom is 0.500 e. The normalized spacial score (nSPS) is 12.3. The van der Waals surface area contributed by atoms with Gasteiger partial charge in [0, 0.05) is 27.4 Å². The standard InChI is InChI=1S/C15H26O5Si2/c1-17-22(18-2,19-3)12-11-13-7-9-14(10-8-13)15(16)20-21(4,5)6/h7-10H,11-12H2,1-6H3. The molecule has 0 fully saturated rings. The van der Waals surface area contributed by atoms with Gasteiger partial charge in [0.2, 0.25) is 8.32 Å². The van der Waals surface area contributed by atoms with Crippen LogP contribution in [0.15, 0.2) is 24.3 Å². The lowest BCUT2D eigenvalue weighted by molar-refractivity contribution is 0.0724. The van der Waals surface area contributed by atoms with Crippen LogP contribution >= 0.6 is 0 Å². The summed E-state index contributed by atoms with van der Waals surface area (Å²) in [4.78, 5) is 12.0. The number of benzene rings is 1. The van der Waals surface area contributed by atoms with Crippen LogP contribution in [0.25, 0.3) is 0 Å². The molecule has 0 aliphatic heterocycles. The van der Waals surface area contributed by atoms with E-state index in [1.54, 1.807) is 33.5 Å². The van der Waals surface area contributed by atoms with Crippen LogP contribution in [0.1, 0.15) is 15.9 Å². The minimum Gasteiger partial charge on any atom is -0.516 e. The van der Waals surface area contributed by atoms with Gasteiger partial charge in [-0.1, -0.05) is 12.1 Å². The third kappa shape index (κ3) is 5.66. The highest BCUT2D eigenvalue weighted by atomic mass is 28.4. The molecule has 5 nitrogen and oxygen atoms in total. The monoisotopic (exact) mass is 342 g/mol. The summed E-state index contributed by atoms with van der Waals surface area (Å²) in [7, 11) is 0.399. The highest BCUT2D eigenvalue weighted by molar-refractivity contribution is 6.71. The van der Waals surface area contributed by atoms with E-state index < -0.39 is 17.1 Å². The molecule has 0 radical (unpaired) electrons. The first kappa shape index (κ1) is 19.1. The molecule has 124 valence electrons. The SMILES string of the molecule is CO[Si](CCc1ccc(C(=O)O[Si](C)(C)C)cc1)(OC)OC. The molecule has 7 heteroatoms. The Bertz CT molecular complexity index is 469. The molecule has 0 aromatic heterocycles. The average Bonchev–Trinajstić information content (AvgIpc) is 2.48. The summed E-state index contributed by atoms with van der Waals surface area (Å²) in [6.45, 7) is 5.97. The quantitative estimate of drug-likeness (QED) is 0.680. The van der Waals surface area contributed by atoms with Crippen LogP contribution in [0, 0.1) is 0 Å². The molecule has 22 heavy (non-hydrogen) atoms. The molecule has 0 bridgehead atoms. The lowest BCUT2D eigenvalue weighted by Crippen LogP contribution is -2.43. The fourth-order valence-corrected chi connectivity index (χ4v) is 4.38. The van der Waals surface area contributed by atoms with Crippen molar-refractivity contribution in [1.29, 1.82) is 0 Å².